The summed E-state index contributed by atoms with van der Waals surface area (Å²) in [6.45, 7) is 0.675. The fourth-order valence-electron chi connectivity index (χ4n) is 2.56. The highest BCUT2D eigenvalue weighted by molar-refractivity contribution is 5.94. The lowest BCUT2D eigenvalue weighted by atomic mass is 10.1. The van der Waals surface area contributed by atoms with E-state index >= 15 is 0 Å². The van der Waals surface area contributed by atoms with Crippen LogP contribution in [0, 0.1) is 11.6 Å². The third-order valence-electron chi connectivity index (χ3n) is 3.94. The van der Waals surface area contributed by atoms with Gasteiger partial charge in [-0.15, -0.1) is 13.2 Å². The van der Waals surface area contributed by atoms with Crippen molar-refractivity contribution >= 4 is 11.6 Å². The maximum Gasteiger partial charge on any atom is 0.573 e. The number of halogens is 5. The Morgan fingerprint density at radius 1 is 1.03 bits per heavy atom. The molecule has 0 aliphatic carbocycles. The standard InChI is InChI=1S/C19H19F5N2O3/c1-26(15-9-8-14(20)16(17(15)21)18(25)27)10-2-3-11-28-12-4-6-13(7-5-12)29-19(22,23)24/h4-9H,2-3,10-11H2,1H3,(H2,25,27). The number of hydrogen-bond acceptors (Lipinski definition) is 4. The lowest BCUT2D eigenvalue weighted by Crippen LogP contribution is -2.23. The molecule has 0 saturated heterocycles. The highest BCUT2D eigenvalue weighted by atomic mass is 19.4. The summed E-state index contributed by atoms with van der Waals surface area (Å²) in [5.41, 5.74) is 4.26. The molecule has 2 rings (SSSR count). The molecule has 29 heavy (non-hydrogen) atoms. The van der Waals surface area contributed by atoms with Crippen LogP contribution in [-0.2, 0) is 0 Å². The Balaban J connectivity index is 1.79. The predicted octanol–water partition coefficient (Wildman–Crippen LogP) is 4.26. The zero-order valence-corrected chi connectivity index (χ0v) is 15.4. The Morgan fingerprint density at radius 3 is 2.24 bits per heavy atom. The van der Waals surface area contributed by atoms with Crippen molar-refractivity contribution in [1.29, 1.82) is 0 Å². The van der Waals surface area contributed by atoms with E-state index in [1.165, 1.54) is 23.1 Å². The van der Waals surface area contributed by atoms with Gasteiger partial charge >= 0.3 is 6.36 Å². The summed E-state index contributed by atoms with van der Waals surface area (Å²) in [5.74, 6) is -3.19. The molecule has 2 aromatic carbocycles. The summed E-state index contributed by atoms with van der Waals surface area (Å²) in [7, 11) is 1.58. The van der Waals surface area contributed by atoms with E-state index in [0.29, 0.717) is 25.1 Å². The van der Waals surface area contributed by atoms with Gasteiger partial charge in [0.05, 0.1) is 12.3 Å². The SMILES string of the molecule is CN(CCCCOc1ccc(OC(F)(F)F)cc1)c1ccc(F)c(C(N)=O)c1F. The maximum atomic E-state index is 14.3. The number of hydrogen-bond donors (Lipinski definition) is 1. The molecule has 0 aliphatic rings. The first kappa shape index (κ1) is 22.3. The second kappa shape index (κ2) is 9.44. The molecule has 0 heterocycles. The van der Waals surface area contributed by atoms with Crippen LogP contribution in [-0.4, -0.2) is 32.5 Å². The van der Waals surface area contributed by atoms with Gasteiger partial charge in [0.1, 0.15) is 22.9 Å². The van der Waals surface area contributed by atoms with Crippen molar-refractivity contribution in [3.05, 3.63) is 53.6 Å². The quantitative estimate of drug-likeness (QED) is 0.488. The van der Waals surface area contributed by atoms with Crippen LogP contribution < -0.4 is 20.1 Å². The first-order valence-electron chi connectivity index (χ1n) is 8.56. The van der Waals surface area contributed by atoms with Crippen molar-refractivity contribution < 1.29 is 36.2 Å². The van der Waals surface area contributed by atoms with Crippen LogP contribution in [0.25, 0.3) is 0 Å². The van der Waals surface area contributed by atoms with Crippen molar-refractivity contribution in [3.8, 4) is 11.5 Å². The third kappa shape index (κ3) is 6.51. The zero-order valence-electron chi connectivity index (χ0n) is 15.4. The van der Waals surface area contributed by atoms with Crippen molar-refractivity contribution in [2.24, 2.45) is 5.73 Å². The first-order chi connectivity index (χ1) is 13.6. The number of nitrogens with zero attached hydrogens (tertiary/aromatic N) is 1. The average molecular weight is 418 g/mol. The molecule has 5 nitrogen and oxygen atoms in total. The van der Waals surface area contributed by atoms with Crippen molar-refractivity contribution in [1.82, 2.24) is 0 Å². The molecule has 0 spiro atoms. The molecule has 0 aromatic heterocycles. The van der Waals surface area contributed by atoms with E-state index in [4.69, 9.17) is 10.5 Å². The molecule has 10 heteroatoms. The Labute approximate surface area is 163 Å². The predicted molar refractivity (Wildman–Crippen MR) is 96.0 cm³/mol. The van der Waals surface area contributed by atoms with Gasteiger partial charge in [-0.3, -0.25) is 4.79 Å². The van der Waals surface area contributed by atoms with E-state index in [1.807, 2.05) is 0 Å². The number of carbonyl (C=O) groups excluding carboxylic acids is 1. The van der Waals surface area contributed by atoms with E-state index in [-0.39, 0.29) is 18.0 Å². The van der Waals surface area contributed by atoms with E-state index in [2.05, 4.69) is 4.74 Å². The van der Waals surface area contributed by atoms with Crippen LogP contribution in [0.4, 0.5) is 27.6 Å². The summed E-state index contributed by atoms with van der Waals surface area (Å²) in [6.07, 6.45) is -3.61. The topological polar surface area (TPSA) is 64.8 Å². The number of nitrogens with two attached hydrogens (primary N) is 1. The van der Waals surface area contributed by atoms with Crippen LogP contribution in [0.15, 0.2) is 36.4 Å². The van der Waals surface area contributed by atoms with Crippen LogP contribution >= 0.6 is 0 Å². The third-order valence-corrected chi connectivity index (χ3v) is 3.94. The van der Waals surface area contributed by atoms with Crippen LogP contribution in [0.2, 0.25) is 0 Å². The van der Waals surface area contributed by atoms with Gasteiger partial charge in [0.25, 0.3) is 5.91 Å². The molecular formula is C19H19F5N2O3. The molecule has 158 valence electrons. The highest BCUT2D eigenvalue weighted by Gasteiger charge is 2.31. The summed E-state index contributed by atoms with van der Waals surface area (Å²) in [6, 6.07) is 7.19. The second-order valence-electron chi connectivity index (χ2n) is 6.12. The number of benzene rings is 2. The largest absolute Gasteiger partial charge is 0.573 e. The molecule has 0 bridgehead atoms. The lowest BCUT2D eigenvalue weighted by molar-refractivity contribution is -0.274. The molecule has 2 aromatic rings. The van der Waals surface area contributed by atoms with Crippen molar-refractivity contribution in [3.63, 3.8) is 0 Å². The summed E-state index contributed by atoms with van der Waals surface area (Å²) in [5, 5.41) is 0. The van der Waals surface area contributed by atoms with E-state index in [9.17, 15) is 26.7 Å². The van der Waals surface area contributed by atoms with Crippen molar-refractivity contribution in [2.45, 2.75) is 19.2 Å². The number of alkyl halides is 3. The van der Waals surface area contributed by atoms with Gasteiger partial charge in [0, 0.05) is 13.6 Å². The van der Waals surface area contributed by atoms with E-state index in [0.717, 1.165) is 18.2 Å². The van der Waals surface area contributed by atoms with E-state index < -0.39 is 29.5 Å². The van der Waals surface area contributed by atoms with Gasteiger partial charge in [-0.25, -0.2) is 8.78 Å². The van der Waals surface area contributed by atoms with Gasteiger partial charge in [0.2, 0.25) is 0 Å². The van der Waals surface area contributed by atoms with Gasteiger partial charge < -0.3 is 20.1 Å². The Morgan fingerprint density at radius 2 is 1.66 bits per heavy atom. The minimum Gasteiger partial charge on any atom is -0.494 e. The van der Waals surface area contributed by atoms with Gasteiger partial charge in [0.15, 0.2) is 5.82 Å². The summed E-state index contributed by atoms with van der Waals surface area (Å²) in [4.78, 5) is 12.7. The van der Waals surface area contributed by atoms with Crippen molar-refractivity contribution in [2.75, 3.05) is 25.1 Å². The molecule has 0 unspecified atom stereocenters. The van der Waals surface area contributed by atoms with Crippen LogP contribution in [0.5, 0.6) is 11.5 Å². The normalized spacial score (nSPS) is 11.2. The van der Waals surface area contributed by atoms with Crippen LogP contribution in [0.3, 0.4) is 0 Å². The molecule has 0 aliphatic heterocycles. The monoisotopic (exact) mass is 418 g/mol. The van der Waals surface area contributed by atoms with Gasteiger partial charge in [-0.1, -0.05) is 0 Å². The number of anilines is 1. The molecule has 0 radical (unpaired) electrons. The maximum absolute atomic E-state index is 14.3. The molecular weight excluding hydrogens is 399 g/mol. The van der Waals surface area contributed by atoms with Gasteiger partial charge in [-0.05, 0) is 49.2 Å². The average Bonchev–Trinajstić information content (AvgIpc) is 2.61. The molecule has 0 fully saturated rings. The molecule has 0 saturated carbocycles. The Hall–Kier alpha value is -3.04. The number of ether oxygens (including phenoxy) is 2. The number of amides is 1. The minimum atomic E-state index is -4.75. The number of carbonyl (C=O) groups is 1. The lowest BCUT2D eigenvalue weighted by Gasteiger charge is -2.21. The van der Waals surface area contributed by atoms with Crippen LogP contribution in [0.1, 0.15) is 23.2 Å². The summed E-state index contributed by atoms with van der Waals surface area (Å²) < 4.78 is 73.3. The minimum absolute atomic E-state index is 0.0429. The molecule has 2 N–H and O–H groups in total. The second-order valence-corrected chi connectivity index (χ2v) is 6.12. The Kier molecular flexibility index (Phi) is 7.24. The fraction of sp³-hybridized carbons (Fsp3) is 0.316. The summed E-state index contributed by atoms with van der Waals surface area (Å²) >= 11 is 0. The fourth-order valence-corrected chi connectivity index (χ4v) is 2.56. The van der Waals surface area contributed by atoms with Gasteiger partial charge in [-0.2, -0.15) is 0 Å². The first-order valence-corrected chi connectivity index (χ1v) is 8.56. The number of unbranched alkanes of at least 4 members (excludes halogenated alkanes) is 1. The smallest absolute Gasteiger partial charge is 0.494 e. The molecule has 0 atom stereocenters. The number of primary amides is 1. The highest BCUT2D eigenvalue weighted by Crippen LogP contribution is 2.25. The number of rotatable bonds is 9. The Bertz CT molecular complexity index is 841. The zero-order chi connectivity index (χ0) is 21.6. The molecule has 1 amide bonds. The van der Waals surface area contributed by atoms with E-state index in [1.54, 1.807) is 7.05 Å².